The predicted octanol–water partition coefficient (Wildman–Crippen LogP) is 1.30. The fraction of sp³-hybridized carbons (Fsp3) is 0.333. The molecule has 0 unspecified atom stereocenters. The van der Waals surface area contributed by atoms with E-state index in [1.54, 1.807) is 7.05 Å². The quantitative estimate of drug-likeness (QED) is 0.776. The minimum atomic E-state index is -3.78. The molecule has 2 amide bonds. The van der Waals surface area contributed by atoms with Gasteiger partial charge in [-0.1, -0.05) is 0 Å². The number of benzene rings is 1. The fourth-order valence-corrected chi connectivity index (χ4v) is 4.75. The number of carbonyl (C=O) groups excluding carboxylic acids is 2. The van der Waals surface area contributed by atoms with Crippen molar-refractivity contribution in [2.75, 3.05) is 18.4 Å². The summed E-state index contributed by atoms with van der Waals surface area (Å²) in [5.74, 6) is -1.66. The topological polar surface area (TPSA) is 114 Å². The molecule has 1 saturated heterocycles. The predicted molar refractivity (Wildman–Crippen MR) is 100 cm³/mol. The highest BCUT2D eigenvalue weighted by Gasteiger charge is 2.33. The Kier molecular flexibility index (Phi) is 5.52. The van der Waals surface area contributed by atoms with Gasteiger partial charge in [0.25, 0.3) is 5.91 Å². The molecule has 1 aromatic heterocycles. The second-order valence-electron chi connectivity index (χ2n) is 6.71. The van der Waals surface area contributed by atoms with Crippen LogP contribution >= 0.6 is 0 Å². The van der Waals surface area contributed by atoms with Crippen LogP contribution in [0.5, 0.6) is 0 Å². The van der Waals surface area contributed by atoms with Crippen molar-refractivity contribution in [3.05, 3.63) is 48.0 Å². The van der Waals surface area contributed by atoms with Gasteiger partial charge in [0.05, 0.1) is 0 Å². The van der Waals surface area contributed by atoms with E-state index in [0.717, 1.165) is 0 Å². The highest BCUT2D eigenvalue weighted by Crippen LogP contribution is 2.26. The van der Waals surface area contributed by atoms with E-state index in [-0.39, 0.29) is 35.5 Å². The number of rotatable bonds is 5. The third-order valence-corrected chi connectivity index (χ3v) is 6.67. The van der Waals surface area contributed by atoms with Gasteiger partial charge in [-0.3, -0.25) is 9.59 Å². The molecule has 1 aliphatic heterocycles. The Hall–Kier alpha value is -2.72. The van der Waals surface area contributed by atoms with Crippen molar-refractivity contribution < 1.29 is 22.4 Å². The van der Waals surface area contributed by atoms with Crippen LogP contribution in [0.3, 0.4) is 0 Å². The Balaban J connectivity index is 1.64. The molecular weight excluding hydrogens is 387 g/mol. The Morgan fingerprint density at radius 1 is 1.18 bits per heavy atom. The summed E-state index contributed by atoms with van der Waals surface area (Å²) in [5, 5.41) is 2.72. The van der Waals surface area contributed by atoms with Crippen molar-refractivity contribution in [2.24, 2.45) is 18.7 Å². The van der Waals surface area contributed by atoms with E-state index in [0.29, 0.717) is 18.5 Å². The average Bonchev–Trinajstić information content (AvgIpc) is 3.06. The van der Waals surface area contributed by atoms with Gasteiger partial charge in [0.15, 0.2) is 0 Å². The third kappa shape index (κ3) is 4.07. The molecule has 1 aliphatic rings. The first-order chi connectivity index (χ1) is 13.2. The van der Waals surface area contributed by atoms with Gasteiger partial charge in [-0.05, 0) is 43.2 Å². The second kappa shape index (κ2) is 7.72. The van der Waals surface area contributed by atoms with E-state index >= 15 is 0 Å². The number of nitrogens with two attached hydrogens (primary N) is 1. The normalized spacial score (nSPS) is 16.1. The van der Waals surface area contributed by atoms with Crippen molar-refractivity contribution in [3.63, 3.8) is 0 Å². The standard InChI is InChI=1S/C18H21FN4O4S/c1-22-11-15(10-16(22)17(20)24)28(26,27)23-8-6-12(7-9-23)18(25)21-14-4-2-13(19)3-5-14/h2-5,10-12H,6-9H2,1H3,(H2,20,24)(H,21,25). The zero-order valence-electron chi connectivity index (χ0n) is 15.3. The Morgan fingerprint density at radius 2 is 1.79 bits per heavy atom. The number of amides is 2. The van der Waals surface area contributed by atoms with Crippen LogP contribution in [0, 0.1) is 11.7 Å². The summed E-state index contributed by atoms with van der Waals surface area (Å²) in [7, 11) is -2.23. The third-order valence-electron chi connectivity index (χ3n) is 4.81. The van der Waals surface area contributed by atoms with Crippen molar-refractivity contribution in [1.82, 2.24) is 8.87 Å². The lowest BCUT2D eigenvalue weighted by molar-refractivity contribution is -0.120. The lowest BCUT2D eigenvalue weighted by atomic mass is 9.97. The van der Waals surface area contributed by atoms with E-state index in [4.69, 9.17) is 5.73 Å². The molecule has 3 rings (SSSR count). The monoisotopic (exact) mass is 408 g/mol. The maximum absolute atomic E-state index is 12.9. The SMILES string of the molecule is Cn1cc(S(=O)(=O)N2CCC(C(=O)Nc3ccc(F)cc3)CC2)cc1C(N)=O. The molecule has 10 heteroatoms. The highest BCUT2D eigenvalue weighted by molar-refractivity contribution is 7.89. The van der Waals surface area contributed by atoms with Gasteiger partial charge < -0.3 is 15.6 Å². The van der Waals surface area contributed by atoms with Gasteiger partial charge in [0, 0.05) is 37.9 Å². The van der Waals surface area contributed by atoms with Gasteiger partial charge in [-0.15, -0.1) is 0 Å². The number of hydrogen-bond donors (Lipinski definition) is 2. The zero-order valence-corrected chi connectivity index (χ0v) is 16.1. The molecule has 1 aromatic carbocycles. The van der Waals surface area contributed by atoms with Crippen LogP contribution < -0.4 is 11.1 Å². The molecule has 0 radical (unpaired) electrons. The van der Waals surface area contributed by atoms with Crippen molar-refractivity contribution in [1.29, 1.82) is 0 Å². The number of aryl methyl sites for hydroxylation is 1. The molecule has 28 heavy (non-hydrogen) atoms. The summed E-state index contributed by atoms with van der Waals surface area (Å²) in [6.45, 7) is 0.370. The molecule has 2 heterocycles. The smallest absolute Gasteiger partial charge is 0.265 e. The Bertz CT molecular complexity index is 993. The van der Waals surface area contributed by atoms with Gasteiger partial charge in [0.2, 0.25) is 15.9 Å². The van der Waals surface area contributed by atoms with Crippen LogP contribution in [0.2, 0.25) is 0 Å². The molecule has 0 aliphatic carbocycles. The van der Waals surface area contributed by atoms with Gasteiger partial charge in [0.1, 0.15) is 16.4 Å². The van der Waals surface area contributed by atoms with Crippen LogP contribution in [-0.2, 0) is 21.9 Å². The number of carbonyl (C=O) groups is 2. The molecule has 150 valence electrons. The van der Waals surface area contributed by atoms with Crippen LogP contribution in [0.1, 0.15) is 23.3 Å². The average molecular weight is 408 g/mol. The minimum Gasteiger partial charge on any atom is -0.364 e. The summed E-state index contributed by atoms with van der Waals surface area (Å²) in [6, 6.07) is 6.71. The molecule has 2 aromatic rings. The number of anilines is 1. The van der Waals surface area contributed by atoms with E-state index in [1.165, 1.54) is 45.4 Å². The summed E-state index contributed by atoms with van der Waals surface area (Å²) < 4.78 is 41.2. The number of aromatic nitrogens is 1. The zero-order chi connectivity index (χ0) is 20.5. The summed E-state index contributed by atoms with van der Waals surface area (Å²) >= 11 is 0. The number of primary amides is 1. The molecule has 1 fully saturated rings. The van der Waals surface area contributed by atoms with Crippen LogP contribution in [0.25, 0.3) is 0 Å². The molecule has 3 N–H and O–H groups in total. The number of piperidine rings is 1. The van der Waals surface area contributed by atoms with Crippen LogP contribution in [0.4, 0.5) is 10.1 Å². The van der Waals surface area contributed by atoms with Crippen molar-refractivity contribution >= 4 is 27.5 Å². The lowest BCUT2D eigenvalue weighted by Crippen LogP contribution is -2.41. The fourth-order valence-electron chi connectivity index (χ4n) is 3.21. The molecule has 0 spiro atoms. The van der Waals surface area contributed by atoms with E-state index < -0.39 is 21.7 Å². The Morgan fingerprint density at radius 3 is 2.32 bits per heavy atom. The molecule has 0 atom stereocenters. The van der Waals surface area contributed by atoms with E-state index in [9.17, 15) is 22.4 Å². The largest absolute Gasteiger partial charge is 0.364 e. The molecule has 0 saturated carbocycles. The molecule has 8 nitrogen and oxygen atoms in total. The Labute approximate surface area is 162 Å². The van der Waals surface area contributed by atoms with Gasteiger partial charge in [-0.2, -0.15) is 4.31 Å². The van der Waals surface area contributed by atoms with Gasteiger partial charge >= 0.3 is 0 Å². The number of sulfonamides is 1. The lowest BCUT2D eigenvalue weighted by Gasteiger charge is -2.30. The maximum atomic E-state index is 12.9. The molecular formula is C18H21FN4O4S. The molecule has 0 bridgehead atoms. The maximum Gasteiger partial charge on any atom is 0.265 e. The number of halogens is 1. The van der Waals surface area contributed by atoms with Crippen LogP contribution in [-0.4, -0.2) is 42.2 Å². The summed E-state index contributed by atoms with van der Waals surface area (Å²) in [4.78, 5) is 23.7. The first kappa shape index (κ1) is 20.0. The minimum absolute atomic E-state index is 0.00184. The van der Waals surface area contributed by atoms with E-state index in [2.05, 4.69) is 5.32 Å². The second-order valence-corrected chi connectivity index (χ2v) is 8.65. The first-order valence-corrected chi connectivity index (χ1v) is 10.2. The summed E-state index contributed by atoms with van der Waals surface area (Å²) in [6.07, 6.45) is 2.08. The van der Waals surface area contributed by atoms with Crippen molar-refractivity contribution in [3.8, 4) is 0 Å². The number of hydrogen-bond acceptors (Lipinski definition) is 4. The summed E-state index contributed by atoms with van der Waals surface area (Å²) in [5.41, 5.74) is 5.83. The first-order valence-electron chi connectivity index (χ1n) is 8.71. The van der Waals surface area contributed by atoms with E-state index in [1.807, 2.05) is 0 Å². The number of nitrogens with zero attached hydrogens (tertiary/aromatic N) is 2. The number of nitrogens with one attached hydrogen (secondary N) is 1. The highest BCUT2D eigenvalue weighted by atomic mass is 32.2. The van der Waals surface area contributed by atoms with Crippen molar-refractivity contribution in [2.45, 2.75) is 17.7 Å². The van der Waals surface area contributed by atoms with Gasteiger partial charge in [-0.25, -0.2) is 12.8 Å². The van der Waals surface area contributed by atoms with Crippen LogP contribution in [0.15, 0.2) is 41.4 Å².